The van der Waals surface area contributed by atoms with Gasteiger partial charge in [0.15, 0.2) is 11.5 Å². The van der Waals surface area contributed by atoms with Gasteiger partial charge in [0.05, 0.1) is 13.7 Å². The first-order chi connectivity index (χ1) is 12.2. The van der Waals surface area contributed by atoms with Crippen molar-refractivity contribution in [2.45, 2.75) is 6.92 Å². The molecular weight excluding hydrogens is 340 g/mol. The molecule has 6 heteroatoms. The van der Waals surface area contributed by atoms with Crippen molar-refractivity contribution < 1.29 is 14.0 Å². The van der Waals surface area contributed by atoms with Gasteiger partial charge in [0.1, 0.15) is 5.03 Å². The van der Waals surface area contributed by atoms with Gasteiger partial charge >= 0.3 is 0 Å². The molecule has 0 aliphatic heterocycles. The first-order valence-electron chi connectivity index (χ1n) is 7.78. The third-order valence-corrected chi connectivity index (χ3v) is 3.71. The minimum Gasteiger partial charge on any atom is -0.493 e. The van der Waals surface area contributed by atoms with E-state index in [2.05, 4.69) is 10.1 Å². The first-order valence-corrected chi connectivity index (χ1v) is 8.16. The Hall–Kier alpha value is -2.79. The molecule has 1 aromatic heterocycles. The summed E-state index contributed by atoms with van der Waals surface area (Å²) in [6, 6.07) is 15.1. The number of methoxy groups -OCH3 is 1. The number of hydrogen-bond acceptors (Lipinski definition) is 5. The summed E-state index contributed by atoms with van der Waals surface area (Å²) < 4.78 is 16.1. The molecule has 0 aliphatic rings. The van der Waals surface area contributed by atoms with Crippen molar-refractivity contribution in [2.75, 3.05) is 13.7 Å². The maximum atomic E-state index is 6.34. The van der Waals surface area contributed by atoms with Gasteiger partial charge in [-0.15, -0.1) is 0 Å². The average molecular weight is 357 g/mol. The van der Waals surface area contributed by atoms with Crippen LogP contribution in [0.15, 0.2) is 53.1 Å². The van der Waals surface area contributed by atoms with Gasteiger partial charge < -0.3 is 14.0 Å². The van der Waals surface area contributed by atoms with E-state index in [1.165, 1.54) is 0 Å². The lowest BCUT2D eigenvalue weighted by Crippen LogP contribution is -1.95. The highest BCUT2D eigenvalue weighted by molar-refractivity contribution is 6.50. The Morgan fingerprint density at radius 3 is 2.68 bits per heavy atom. The molecule has 0 atom stereocenters. The molecule has 0 aliphatic carbocycles. The zero-order valence-electron chi connectivity index (χ0n) is 13.9. The summed E-state index contributed by atoms with van der Waals surface area (Å²) >= 11 is 6.34. The second kappa shape index (κ2) is 7.85. The molecular formula is C19H17ClN2O3. The van der Waals surface area contributed by atoms with Crippen molar-refractivity contribution in [1.29, 1.82) is 0 Å². The maximum absolute atomic E-state index is 6.34. The third-order valence-electron chi connectivity index (χ3n) is 3.44. The molecule has 128 valence electrons. The molecule has 0 saturated heterocycles. The fourth-order valence-corrected chi connectivity index (χ4v) is 2.49. The SMILES string of the molecule is CCOc1cc(/C=C(\Cl)c2nc(-c3ccccc3)no2)ccc1OC. The predicted octanol–water partition coefficient (Wildman–Crippen LogP) is 4.88. The fraction of sp³-hybridized carbons (Fsp3) is 0.158. The monoisotopic (exact) mass is 356 g/mol. The Bertz CT molecular complexity index is 875. The normalized spacial score (nSPS) is 11.4. The first kappa shape index (κ1) is 17.0. The second-order valence-electron chi connectivity index (χ2n) is 5.12. The third kappa shape index (κ3) is 4.00. The van der Waals surface area contributed by atoms with Crippen molar-refractivity contribution in [3.05, 3.63) is 60.0 Å². The van der Waals surface area contributed by atoms with Crippen LogP contribution in [0.5, 0.6) is 11.5 Å². The summed E-state index contributed by atoms with van der Waals surface area (Å²) in [4.78, 5) is 4.34. The van der Waals surface area contributed by atoms with E-state index < -0.39 is 0 Å². The molecule has 0 unspecified atom stereocenters. The molecule has 3 aromatic rings. The molecule has 1 heterocycles. The molecule has 0 fully saturated rings. The quantitative estimate of drug-likeness (QED) is 0.630. The lowest BCUT2D eigenvalue weighted by Gasteiger charge is -2.09. The highest BCUT2D eigenvalue weighted by Gasteiger charge is 2.12. The molecule has 2 aromatic carbocycles. The molecule has 0 saturated carbocycles. The Kier molecular flexibility index (Phi) is 5.36. The molecule has 25 heavy (non-hydrogen) atoms. The van der Waals surface area contributed by atoms with E-state index in [1.807, 2.05) is 55.5 Å². The van der Waals surface area contributed by atoms with E-state index in [-0.39, 0.29) is 5.89 Å². The maximum Gasteiger partial charge on any atom is 0.269 e. The Morgan fingerprint density at radius 2 is 1.96 bits per heavy atom. The van der Waals surface area contributed by atoms with E-state index in [9.17, 15) is 0 Å². The number of hydrogen-bond donors (Lipinski definition) is 0. The van der Waals surface area contributed by atoms with Crippen LogP contribution in [0.2, 0.25) is 0 Å². The number of ether oxygens (including phenoxy) is 2. The number of halogens is 1. The van der Waals surface area contributed by atoms with Crippen molar-refractivity contribution in [1.82, 2.24) is 10.1 Å². The van der Waals surface area contributed by atoms with Crippen molar-refractivity contribution in [2.24, 2.45) is 0 Å². The van der Waals surface area contributed by atoms with Gasteiger partial charge in [0.25, 0.3) is 5.89 Å². The van der Waals surface area contributed by atoms with Gasteiger partial charge in [0, 0.05) is 5.56 Å². The van der Waals surface area contributed by atoms with Gasteiger partial charge in [0.2, 0.25) is 5.82 Å². The van der Waals surface area contributed by atoms with Crippen LogP contribution in [0.1, 0.15) is 18.4 Å². The van der Waals surface area contributed by atoms with Gasteiger partial charge in [-0.2, -0.15) is 4.98 Å². The standard InChI is InChI=1S/C19H17ClN2O3/c1-3-24-17-12-13(9-10-16(17)23-2)11-15(20)19-21-18(22-25-19)14-7-5-4-6-8-14/h4-12H,3H2,1-2H3/b15-11-. The van der Waals surface area contributed by atoms with Crippen LogP contribution < -0.4 is 9.47 Å². The van der Waals surface area contributed by atoms with Crippen molar-refractivity contribution in [3.63, 3.8) is 0 Å². The van der Waals surface area contributed by atoms with Crippen LogP contribution in [0, 0.1) is 0 Å². The van der Waals surface area contributed by atoms with Gasteiger partial charge in [-0.25, -0.2) is 0 Å². The zero-order chi connectivity index (χ0) is 17.6. The Labute approximate surface area is 150 Å². The summed E-state index contributed by atoms with van der Waals surface area (Å²) in [5.74, 6) is 2.07. The lowest BCUT2D eigenvalue weighted by molar-refractivity contribution is 0.311. The minimum atomic E-state index is 0.259. The Morgan fingerprint density at radius 1 is 1.16 bits per heavy atom. The zero-order valence-corrected chi connectivity index (χ0v) is 14.7. The van der Waals surface area contributed by atoms with Crippen LogP contribution in [-0.2, 0) is 0 Å². The van der Waals surface area contributed by atoms with Crippen molar-refractivity contribution >= 4 is 22.7 Å². The number of benzene rings is 2. The van der Waals surface area contributed by atoms with E-state index in [4.69, 9.17) is 25.6 Å². The van der Waals surface area contributed by atoms with Crippen LogP contribution in [0.3, 0.4) is 0 Å². The van der Waals surface area contributed by atoms with Crippen LogP contribution in [0.25, 0.3) is 22.5 Å². The highest BCUT2D eigenvalue weighted by Crippen LogP contribution is 2.30. The summed E-state index contributed by atoms with van der Waals surface area (Å²) in [6.07, 6.45) is 1.74. The lowest BCUT2D eigenvalue weighted by atomic mass is 10.2. The van der Waals surface area contributed by atoms with E-state index in [0.717, 1.165) is 11.1 Å². The minimum absolute atomic E-state index is 0.259. The van der Waals surface area contributed by atoms with E-state index >= 15 is 0 Å². The largest absolute Gasteiger partial charge is 0.493 e. The second-order valence-corrected chi connectivity index (χ2v) is 5.53. The molecule has 3 rings (SSSR count). The van der Waals surface area contributed by atoms with Gasteiger partial charge in [-0.05, 0) is 30.7 Å². The topological polar surface area (TPSA) is 57.4 Å². The van der Waals surface area contributed by atoms with Crippen LogP contribution in [0.4, 0.5) is 0 Å². The molecule has 0 spiro atoms. The van der Waals surface area contributed by atoms with Crippen LogP contribution in [-0.4, -0.2) is 23.9 Å². The number of aromatic nitrogens is 2. The molecule has 0 radical (unpaired) electrons. The Balaban J connectivity index is 1.87. The predicted molar refractivity (Wildman–Crippen MR) is 97.6 cm³/mol. The summed E-state index contributed by atoms with van der Waals surface area (Å²) in [6.45, 7) is 2.46. The van der Waals surface area contributed by atoms with Crippen molar-refractivity contribution in [3.8, 4) is 22.9 Å². The van der Waals surface area contributed by atoms with Gasteiger partial charge in [-0.3, -0.25) is 0 Å². The molecule has 0 bridgehead atoms. The molecule has 0 N–H and O–H groups in total. The number of nitrogens with zero attached hydrogens (tertiary/aromatic N) is 2. The summed E-state index contributed by atoms with van der Waals surface area (Å²) in [7, 11) is 1.60. The van der Waals surface area contributed by atoms with E-state index in [1.54, 1.807) is 13.2 Å². The van der Waals surface area contributed by atoms with E-state index in [0.29, 0.717) is 29.0 Å². The van der Waals surface area contributed by atoms with Crippen LogP contribution >= 0.6 is 11.6 Å². The van der Waals surface area contributed by atoms with Gasteiger partial charge in [-0.1, -0.05) is 53.2 Å². The highest BCUT2D eigenvalue weighted by atomic mass is 35.5. The number of rotatable bonds is 6. The summed E-state index contributed by atoms with van der Waals surface area (Å²) in [5.41, 5.74) is 1.71. The average Bonchev–Trinajstić information content (AvgIpc) is 3.13. The smallest absolute Gasteiger partial charge is 0.269 e. The summed E-state index contributed by atoms with van der Waals surface area (Å²) in [5, 5.41) is 4.32. The fourth-order valence-electron chi connectivity index (χ4n) is 2.28. The molecule has 0 amide bonds. The molecule has 5 nitrogen and oxygen atoms in total.